The average Bonchev–Trinajstić information content (AvgIpc) is 2.69. The number of unbranched alkanes of at least 4 members (excludes halogenated alkanes) is 2. The zero-order valence-corrected chi connectivity index (χ0v) is 17.7. The number of carbonyl (C=O) groups is 2. The van der Waals surface area contributed by atoms with Crippen molar-refractivity contribution in [3.05, 3.63) is 26.3 Å². The van der Waals surface area contributed by atoms with Gasteiger partial charge in [-0.1, -0.05) is 53.4 Å². The van der Waals surface area contributed by atoms with E-state index in [9.17, 15) is 9.59 Å². The van der Waals surface area contributed by atoms with E-state index in [0.717, 1.165) is 51.4 Å². The fraction of sp³-hybridized carbons (Fsp3) is 0.727. The molecule has 26 heavy (non-hydrogen) atoms. The lowest BCUT2D eigenvalue weighted by atomic mass is 10.00. The summed E-state index contributed by atoms with van der Waals surface area (Å²) in [4.78, 5) is 23.8. The minimum atomic E-state index is -0.162. The maximum Gasteiger partial charge on any atom is 0.309 e. The molecule has 0 saturated heterocycles. The van der Waals surface area contributed by atoms with E-state index in [-0.39, 0.29) is 37.0 Å². The molecule has 154 valence electrons. The Balaban J connectivity index is -0.00000123. The Morgan fingerprint density at radius 1 is 0.692 bits per heavy atom. The van der Waals surface area contributed by atoms with E-state index in [4.69, 9.17) is 9.47 Å². The van der Waals surface area contributed by atoms with Crippen molar-refractivity contribution in [2.75, 3.05) is 13.2 Å². The van der Waals surface area contributed by atoms with Gasteiger partial charge >= 0.3 is 11.9 Å². The Labute approximate surface area is 162 Å². The normalized spacial score (nSPS) is 11.7. The van der Waals surface area contributed by atoms with Crippen LogP contribution in [0, 0.1) is 11.8 Å². The number of carbonyl (C=O) groups excluding carboxylic acids is 2. The molecule has 0 aliphatic heterocycles. The molecule has 2 atom stereocenters. The Morgan fingerprint density at radius 3 is 1.23 bits per heavy atom. The third-order valence-electron chi connectivity index (χ3n) is 4.04. The van der Waals surface area contributed by atoms with Crippen molar-refractivity contribution in [3.63, 3.8) is 0 Å². The largest absolute Gasteiger partial charge is 0.462 e. The van der Waals surface area contributed by atoms with Crippen molar-refractivity contribution in [1.82, 2.24) is 0 Å². The van der Waals surface area contributed by atoms with Gasteiger partial charge in [0.2, 0.25) is 0 Å². The second-order valence-corrected chi connectivity index (χ2v) is 5.83. The highest BCUT2D eigenvalue weighted by atomic mass is 16.6. The minimum absolute atomic E-state index is 0.0244. The molecule has 0 aliphatic carbocycles. The summed E-state index contributed by atoms with van der Waals surface area (Å²) in [6.07, 6.45) is 7.59. The second kappa shape index (κ2) is 23.4. The molecule has 0 bridgehead atoms. The first kappa shape index (κ1) is 29.2. The van der Waals surface area contributed by atoms with E-state index in [0.29, 0.717) is 0 Å². The van der Waals surface area contributed by atoms with Gasteiger partial charge in [0.1, 0.15) is 13.2 Å². The topological polar surface area (TPSA) is 52.6 Å². The maximum absolute atomic E-state index is 11.9. The third kappa shape index (κ3) is 15.9. The smallest absolute Gasteiger partial charge is 0.309 e. The predicted octanol–water partition coefficient (Wildman–Crippen LogP) is 6.11. The van der Waals surface area contributed by atoms with Crippen LogP contribution in [-0.4, -0.2) is 25.2 Å². The summed E-state index contributed by atoms with van der Waals surface area (Å²) in [5.41, 5.74) is 0. The van der Waals surface area contributed by atoms with Crippen molar-refractivity contribution in [2.24, 2.45) is 11.8 Å². The standard InChI is InChI=1S/C18H34O4.2C2H4/c1-5-9-11-15(7-3)17(19)21-13-14-22-18(20)16(8-4)12-10-6-2;2*1-2/h15-16H,5-14H2,1-4H3;2*1-2H2. The first-order valence-electron chi connectivity index (χ1n) is 9.93. The summed E-state index contributed by atoms with van der Waals surface area (Å²) in [5.74, 6) is -0.373. The summed E-state index contributed by atoms with van der Waals surface area (Å²) in [5, 5.41) is 0. The fourth-order valence-electron chi connectivity index (χ4n) is 2.40. The van der Waals surface area contributed by atoms with Crippen LogP contribution in [0.3, 0.4) is 0 Å². The van der Waals surface area contributed by atoms with E-state index < -0.39 is 0 Å². The molecule has 0 rings (SSSR count). The van der Waals surface area contributed by atoms with Crippen LogP contribution in [-0.2, 0) is 19.1 Å². The molecule has 0 aromatic heterocycles. The van der Waals surface area contributed by atoms with Crippen LogP contribution < -0.4 is 0 Å². The van der Waals surface area contributed by atoms with Crippen LogP contribution in [0.15, 0.2) is 26.3 Å². The van der Waals surface area contributed by atoms with Crippen molar-refractivity contribution in [1.29, 1.82) is 0 Å². The number of ether oxygens (including phenoxy) is 2. The Bertz CT molecular complexity index is 296. The van der Waals surface area contributed by atoms with Crippen molar-refractivity contribution >= 4 is 11.9 Å². The molecular weight excluding hydrogens is 328 g/mol. The minimum Gasteiger partial charge on any atom is -0.462 e. The Kier molecular flexibility index (Phi) is 26.3. The van der Waals surface area contributed by atoms with Gasteiger partial charge in [0.05, 0.1) is 11.8 Å². The van der Waals surface area contributed by atoms with Gasteiger partial charge in [-0.3, -0.25) is 9.59 Å². The molecule has 0 aliphatic rings. The molecule has 2 unspecified atom stereocenters. The lowest BCUT2D eigenvalue weighted by Gasteiger charge is -2.15. The predicted molar refractivity (Wildman–Crippen MR) is 111 cm³/mol. The van der Waals surface area contributed by atoms with Gasteiger partial charge in [-0.25, -0.2) is 0 Å². The summed E-state index contributed by atoms with van der Waals surface area (Å²) in [6, 6.07) is 0. The quantitative estimate of drug-likeness (QED) is 0.223. The molecule has 0 spiro atoms. The molecule has 0 fully saturated rings. The summed E-state index contributed by atoms with van der Waals surface area (Å²) >= 11 is 0. The molecule has 0 aromatic rings. The number of rotatable bonds is 13. The SMILES string of the molecule is C=C.C=C.CCCCC(CC)C(=O)OCCOC(=O)C(CC)CCCC. The van der Waals surface area contributed by atoms with Gasteiger partial charge < -0.3 is 9.47 Å². The number of hydrogen-bond donors (Lipinski definition) is 0. The first-order valence-corrected chi connectivity index (χ1v) is 9.93. The molecule has 4 heteroatoms. The van der Waals surface area contributed by atoms with Crippen LogP contribution in [0.25, 0.3) is 0 Å². The first-order chi connectivity index (χ1) is 12.6. The zero-order chi connectivity index (χ0) is 20.8. The van der Waals surface area contributed by atoms with Crippen LogP contribution in [0.5, 0.6) is 0 Å². The summed E-state index contributed by atoms with van der Waals surface area (Å²) in [6.45, 7) is 20.6. The second-order valence-electron chi connectivity index (χ2n) is 5.83. The summed E-state index contributed by atoms with van der Waals surface area (Å²) in [7, 11) is 0. The molecule has 0 N–H and O–H groups in total. The van der Waals surface area contributed by atoms with Gasteiger partial charge in [-0.15, -0.1) is 26.3 Å². The lowest BCUT2D eigenvalue weighted by molar-refractivity contribution is -0.157. The van der Waals surface area contributed by atoms with Gasteiger partial charge in [-0.2, -0.15) is 0 Å². The third-order valence-corrected chi connectivity index (χ3v) is 4.04. The van der Waals surface area contributed by atoms with Gasteiger partial charge in [0, 0.05) is 0 Å². The van der Waals surface area contributed by atoms with E-state index in [1.165, 1.54) is 0 Å². The van der Waals surface area contributed by atoms with Gasteiger partial charge in [0.15, 0.2) is 0 Å². The molecular formula is C22H42O4. The molecule has 4 nitrogen and oxygen atoms in total. The highest BCUT2D eigenvalue weighted by Crippen LogP contribution is 2.15. The molecule has 0 heterocycles. The zero-order valence-electron chi connectivity index (χ0n) is 17.7. The van der Waals surface area contributed by atoms with Crippen molar-refractivity contribution in [2.45, 2.75) is 79.1 Å². The Hall–Kier alpha value is -1.58. The van der Waals surface area contributed by atoms with Crippen LogP contribution in [0.1, 0.15) is 79.1 Å². The van der Waals surface area contributed by atoms with Crippen LogP contribution in [0.2, 0.25) is 0 Å². The van der Waals surface area contributed by atoms with Crippen LogP contribution in [0.4, 0.5) is 0 Å². The number of esters is 2. The molecule has 0 saturated carbocycles. The lowest BCUT2D eigenvalue weighted by Crippen LogP contribution is -2.22. The average molecular weight is 371 g/mol. The molecule has 0 aromatic carbocycles. The molecule has 0 radical (unpaired) electrons. The van der Waals surface area contributed by atoms with Gasteiger partial charge in [0.25, 0.3) is 0 Å². The van der Waals surface area contributed by atoms with Gasteiger partial charge in [-0.05, 0) is 25.7 Å². The monoisotopic (exact) mass is 370 g/mol. The highest BCUT2D eigenvalue weighted by molar-refractivity contribution is 5.73. The maximum atomic E-state index is 11.9. The number of hydrogen-bond acceptors (Lipinski definition) is 4. The van der Waals surface area contributed by atoms with E-state index >= 15 is 0 Å². The fourth-order valence-corrected chi connectivity index (χ4v) is 2.40. The summed E-state index contributed by atoms with van der Waals surface area (Å²) < 4.78 is 10.4. The van der Waals surface area contributed by atoms with E-state index in [2.05, 4.69) is 40.2 Å². The van der Waals surface area contributed by atoms with Crippen molar-refractivity contribution in [3.8, 4) is 0 Å². The van der Waals surface area contributed by atoms with E-state index in [1.54, 1.807) is 0 Å². The van der Waals surface area contributed by atoms with E-state index in [1.807, 2.05) is 13.8 Å². The molecule has 0 amide bonds. The van der Waals surface area contributed by atoms with Crippen molar-refractivity contribution < 1.29 is 19.1 Å². The van der Waals surface area contributed by atoms with Crippen LogP contribution >= 0.6 is 0 Å². The Morgan fingerprint density at radius 2 is 1.00 bits per heavy atom. The highest BCUT2D eigenvalue weighted by Gasteiger charge is 2.19.